The van der Waals surface area contributed by atoms with Crippen molar-refractivity contribution in [2.24, 2.45) is 0 Å². The van der Waals surface area contributed by atoms with Crippen molar-refractivity contribution in [3.05, 3.63) is 0 Å². The number of carbonyl (C=O) groups is 4. The number of ether oxygens (including phenoxy) is 5. The van der Waals surface area contributed by atoms with Gasteiger partial charge in [0.1, 0.15) is 18.1 Å². The molecule has 0 saturated carbocycles. The maximum atomic E-state index is 11.6. The van der Waals surface area contributed by atoms with E-state index >= 15 is 0 Å². The molecule has 0 aromatic carbocycles. The first-order valence-corrected chi connectivity index (χ1v) is 9.12. The predicted octanol–water partition coefficient (Wildman–Crippen LogP) is 0.823. The van der Waals surface area contributed by atoms with Gasteiger partial charge in [0.25, 0.3) is 0 Å². The highest BCUT2D eigenvalue weighted by Crippen LogP contribution is 2.34. The molecule has 0 bridgehead atoms. The average Bonchev–Trinajstić information content (AvgIpc) is 2.50. The second-order valence-electron chi connectivity index (χ2n) is 5.52. The number of hydrogen-bond donors (Lipinski definition) is 0. The summed E-state index contributed by atoms with van der Waals surface area (Å²) in [4.78, 5) is 45.8. The maximum absolute atomic E-state index is 11.6. The molecule has 2 unspecified atom stereocenters. The number of rotatable bonds is 7. The quantitative estimate of drug-likeness (QED) is 0.455. The summed E-state index contributed by atoms with van der Waals surface area (Å²) in [6.07, 6.45) is -4.07. The van der Waals surface area contributed by atoms with Gasteiger partial charge in [0.05, 0.1) is 0 Å². The fraction of sp³-hybridized carbons (Fsp3) is 0.750. The Bertz CT molecular complexity index is 536. The predicted molar refractivity (Wildman–Crippen MR) is 90.1 cm³/mol. The van der Waals surface area contributed by atoms with Crippen LogP contribution in [-0.2, 0) is 42.9 Å². The summed E-state index contributed by atoms with van der Waals surface area (Å²) >= 11 is 1.32. The van der Waals surface area contributed by atoms with Gasteiger partial charge in [-0.3, -0.25) is 19.2 Å². The second kappa shape index (κ2) is 10.4. The van der Waals surface area contributed by atoms with Gasteiger partial charge < -0.3 is 23.7 Å². The zero-order valence-corrected chi connectivity index (χ0v) is 16.2. The minimum absolute atomic E-state index is 0.210. The molecular weight excluding hydrogens is 368 g/mol. The molecule has 0 N–H and O–H groups in total. The lowest BCUT2D eigenvalue weighted by Gasteiger charge is -2.44. The molecule has 0 spiro atoms. The smallest absolute Gasteiger partial charge is 0.303 e. The maximum Gasteiger partial charge on any atom is 0.303 e. The van der Waals surface area contributed by atoms with Crippen LogP contribution in [0.15, 0.2) is 0 Å². The molecule has 0 aliphatic carbocycles. The van der Waals surface area contributed by atoms with Crippen molar-refractivity contribution < 1.29 is 42.9 Å². The Labute approximate surface area is 156 Å². The van der Waals surface area contributed by atoms with Gasteiger partial charge in [-0.25, -0.2) is 0 Å². The number of thioether (sulfide) groups is 1. The zero-order chi connectivity index (χ0) is 19.9. The molecule has 5 atom stereocenters. The Hall–Kier alpha value is -1.81. The van der Waals surface area contributed by atoms with Gasteiger partial charge in [0, 0.05) is 27.7 Å². The average molecular weight is 392 g/mol. The van der Waals surface area contributed by atoms with Gasteiger partial charge in [0.2, 0.25) is 0 Å². The van der Waals surface area contributed by atoms with E-state index in [9.17, 15) is 19.2 Å². The second-order valence-corrected chi connectivity index (χ2v) is 6.90. The van der Waals surface area contributed by atoms with Crippen molar-refractivity contribution in [3.63, 3.8) is 0 Å². The van der Waals surface area contributed by atoms with Crippen LogP contribution in [0.5, 0.6) is 0 Å². The van der Waals surface area contributed by atoms with E-state index in [1.165, 1.54) is 39.5 Å². The van der Waals surface area contributed by atoms with Crippen LogP contribution in [0.3, 0.4) is 0 Å². The lowest BCUT2D eigenvalue weighted by molar-refractivity contribution is -0.237. The Balaban J connectivity index is 3.22. The lowest BCUT2D eigenvalue weighted by Crippen LogP contribution is -2.61. The van der Waals surface area contributed by atoms with E-state index in [1.54, 1.807) is 0 Å². The van der Waals surface area contributed by atoms with Crippen LogP contribution in [0.1, 0.15) is 34.6 Å². The van der Waals surface area contributed by atoms with Crippen LogP contribution in [0.4, 0.5) is 0 Å². The highest BCUT2D eigenvalue weighted by atomic mass is 32.2. The van der Waals surface area contributed by atoms with Crippen molar-refractivity contribution in [2.75, 3.05) is 12.4 Å². The molecule has 9 nitrogen and oxygen atoms in total. The molecule has 0 aromatic heterocycles. The van der Waals surface area contributed by atoms with E-state index < -0.39 is 53.7 Å². The first-order chi connectivity index (χ1) is 12.1. The molecule has 0 amide bonds. The van der Waals surface area contributed by atoms with Gasteiger partial charge in [-0.15, -0.1) is 11.8 Å². The van der Waals surface area contributed by atoms with Crippen molar-refractivity contribution in [3.8, 4) is 0 Å². The third kappa shape index (κ3) is 6.83. The number of hydrogen-bond acceptors (Lipinski definition) is 10. The molecule has 1 heterocycles. The van der Waals surface area contributed by atoms with Crippen LogP contribution in [0.25, 0.3) is 0 Å². The molecule has 148 valence electrons. The van der Waals surface area contributed by atoms with Crippen LogP contribution < -0.4 is 0 Å². The van der Waals surface area contributed by atoms with E-state index in [1.807, 2.05) is 6.92 Å². The van der Waals surface area contributed by atoms with E-state index in [0.717, 1.165) is 0 Å². The molecular formula is C16H24O9S. The molecule has 0 aromatic rings. The molecule has 1 rings (SSSR count). The highest BCUT2D eigenvalue weighted by molar-refractivity contribution is 7.99. The Kier molecular flexibility index (Phi) is 8.86. The van der Waals surface area contributed by atoms with Crippen LogP contribution in [0.2, 0.25) is 0 Å². The third-order valence-electron chi connectivity index (χ3n) is 3.28. The highest BCUT2D eigenvalue weighted by Gasteiger charge is 2.52. The minimum atomic E-state index is -1.10. The minimum Gasteiger partial charge on any atom is -0.463 e. The molecule has 1 aliphatic rings. The summed E-state index contributed by atoms with van der Waals surface area (Å²) in [5.74, 6) is -1.81. The largest absolute Gasteiger partial charge is 0.463 e. The first-order valence-electron chi connectivity index (χ1n) is 8.07. The molecule has 0 radical (unpaired) electrons. The number of carbonyl (C=O) groups excluding carboxylic acids is 4. The standard InChI is InChI=1S/C16H24O9S/c1-6-26-16-15(24-11(5)20)14(23-10(4)19)13(22-9(3)18)12(25-16)7-21-8(2)17/h12-16H,6-7H2,1-5H3/t12?,13-,14+,15?,16-/m0/s1. The van der Waals surface area contributed by atoms with Crippen molar-refractivity contribution in [2.45, 2.75) is 64.5 Å². The van der Waals surface area contributed by atoms with Crippen LogP contribution in [-0.4, -0.2) is 66.1 Å². The monoisotopic (exact) mass is 392 g/mol. The summed E-state index contributed by atoms with van der Waals surface area (Å²) in [6.45, 7) is 6.48. The van der Waals surface area contributed by atoms with E-state index in [2.05, 4.69) is 0 Å². The van der Waals surface area contributed by atoms with Gasteiger partial charge in [-0.05, 0) is 5.75 Å². The fourth-order valence-electron chi connectivity index (χ4n) is 2.49. The van der Waals surface area contributed by atoms with Crippen molar-refractivity contribution in [1.82, 2.24) is 0 Å². The molecule has 1 fully saturated rings. The van der Waals surface area contributed by atoms with Crippen molar-refractivity contribution in [1.29, 1.82) is 0 Å². The zero-order valence-electron chi connectivity index (χ0n) is 15.4. The lowest BCUT2D eigenvalue weighted by atomic mass is 9.99. The van der Waals surface area contributed by atoms with E-state index in [-0.39, 0.29) is 6.61 Å². The van der Waals surface area contributed by atoms with Gasteiger partial charge in [-0.2, -0.15) is 0 Å². The summed E-state index contributed by atoms with van der Waals surface area (Å²) in [7, 11) is 0. The third-order valence-corrected chi connectivity index (χ3v) is 4.32. The van der Waals surface area contributed by atoms with Crippen LogP contribution >= 0.6 is 11.8 Å². The first kappa shape index (κ1) is 22.2. The summed E-state index contributed by atoms with van der Waals surface area (Å²) in [5.41, 5.74) is -0.694. The Morgan fingerprint density at radius 1 is 0.808 bits per heavy atom. The molecule has 26 heavy (non-hydrogen) atoms. The van der Waals surface area contributed by atoms with Crippen LogP contribution in [0, 0.1) is 0 Å². The van der Waals surface area contributed by atoms with Gasteiger partial charge >= 0.3 is 23.9 Å². The molecule has 1 saturated heterocycles. The van der Waals surface area contributed by atoms with E-state index in [0.29, 0.717) is 5.75 Å². The van der Waals surface area contributed by atoms with E-state index in [4.69, 9.17) is 23.7 Å². The summed E-state index contributed by atoms with van der Waals surface area (Å²) in [5, 5.41) is 0. The summed E-state index contributed by atoms with van der Waals surface area (Å²) in [6, 6.07) is 0. The van der Waals surface area contributed by atoms with Gasteiger partial charge in [-0.1, -0.05) is 6.92 Å². The topological polar surface area (TPSA) is 114 Å². The Morgan fingerprint density at radius 2 is 1.31 bits per heavy atom. The Morgan fingerprint density at radius 3 is 1.77 bits per heavy atom. The summed E-state index contributed by atoms with van der Waals surface area (Å²) < 4.78 is 26.7. The fourth-order valence-corrected chi connectivity index (χ4v) is 3.44. The van der Waals surface area contributed by atoms with Crippen molar-refractivity contribution >= 4 is 35.6 Å². The SMILES string of the molecule is CCS[C@@H]1OC(COC(C)=O)[C@H](OC(C)=O)[C@@H](OC(C)=O)C1OC(C)=O. The molecule has 1 aliphatic heterocycles. The number of esters is 4. The molecule has 10 heteroatoms. The van der Waals surface area contributed by atoms with Gasteiger partial charge in [0.15, 0.2) is 18.3 Å². The normalized spacial score (nSPS) is 28.0.